The van der Waals surface area contributed by atoms with E-state index >= 15 is 0 Å². The molecule has 2 nitrogen and oxygen atoms in total. The minimum absolute atomic E-state index is 0.105. The van der Waals surface area contributed by atoms with Gasteiger partial charge < -0.3 is 10.5 Å². The maximum absolute atomic E-state index is 9.12. The van der Waals surface area contributed by atoms with Gasteiger partial charge in [-0.15, -0.1) is 0 Å². The molecule has 0 aliphatic heterocycles. The third kappa shape index (κ3) is 1.53. The van der Waals surface area contributed by atoms with Crippen molar-refractivity contribution in [1.29, 1.82) is 5.41 Å². The molecular weight excluding hydrogens is 150 g/mol. The van der Waals surface area contributed by atoms with E-state index in [-0.39, 0.29) is 17.9 Å². The Morgan fingerprint density at radius 2 is 2.17 bits per heavy atom. The monoisotopic (exact) mass is 169 g/mol. The highest BCUT2D eigenvalue weighted by Gasteiger charge is 2.38. The zero-order chi connectivity index (χ0) is 9.35. The van der Waals surface area contributed by atoms with E-state index in [4.69, 9.17) is 10.5 Å². The Morgan fingerprint density at radius 3 is 2.58 bits per heavy atom. The van der Waals surface area contributed by atoms with Gasteiger partial charge in [-0.05, 0) is 24.2 Å². The van der Waals surface area contributed by atoms with Crippen LogP contribution >= 0.6 is 0 Å². The molecule has 0 aromatic heterocycles. The van der Waals surface area contributed by atoms with Crippen LogP contribution in [-0.2, 0) is 0 Å². The van der Waals surface area contributed by atoms with E-state index in [9.17, 15) is 0 Å². The van der Waals surface area contributed by atoms with Crippen molar-refractivity contribution >= 4 is 5.71 Å². The fourth-order valence-electron chi connectivity index (χ4n) is 1.98. The fraction of sp³-hybridized carbons (Fsp3) is 0.900. The van der Waals surface area contributed by atoms with Crippen molar-refractivity contribution in [3.63, 3.8) is 0 Å². The number of aliphatic hydroxyl groups is 1. The van der Waals surface area contributed by atoms with Crippen LogP contribution in [0.5, 0.6) is 0 Å². The quantitative estimate of drug-likeness (QED) is 0.620. The van der Waals surface area contributed by atoms with Gasteiger partial charge in [-0.1, -0.05) is 20.8 Å². The van der Waals surface area contributed by atoms with E-state index in [0.717, 1.165) is 18.6 Å². The summed E-state index contributed by atoms with van der Waals surface area (Å²) in [5, 5.41) is 16.8. The Labute approximate surface area is 74.5 Å². The molecule has 1 aliphatic carbocycles. The van der Waals surface area contributed by atoms with E-state index in [2.05, 4.69) is 20.8 Å². The fourth-order valence-corrected chi connectivity index (χ4v) is 1.98. The van der Waals surface area contributed by atoms with Crippen LogP contribution in [-0.4, -0.2) is 17.4 Å². The topological polar surface area (TPSA) is 44.1 Å². The minimum Gasteiger partial charge on any atom is -0.396 e. The minimum atomic E-state index is 0.105. The van der Waals surface area contributed by atoms with Crippen LogP contribution in [0.4, 0.5) is 0 Å². The van der Waals surface area contributed by atoms with Crippen LogP contribution in [0.2, 0.25) is 0 Å². The number of rotatable bonds is 1. The lowest BCUT2D eigenvalue weighted by molar-refractivity contribution is 0.111. The Morgan fingerprint density at radius 1 is 1.58 bits per heavy atom. The summed E-state index contributed by atoms with van der Waals surface area (Å²) >= 11 is 0. The molecule has 0 aromatic carbocycles. The Kier molecular flexibility index (Phi) is 2.57. The van der Waals surface area contributed by atoms with Crippen LogP contribution in [0.1, 0.15) is 33.6 Å². The van der Waals surface area contributed by atoms with Crippen molar-refractivity contribution in [2.24, 2.45) is 17.3 Å². The predicted octanol–water partition coefficient (Wildman–Crippen LogP) is 2.07. The summed E-state index contributed by atoms with van der Waals surface area (Å²) in [4.78, 5) is 0. The standard InChI is InChI=1S/C10H19NO/c1-7-8(6-12)9(11)4-5-10(7,2)3/h7-8,11-12H,4-6H2,1-3H3. The Hall–Kier alpha value is -0.370. The third-order valence-corrected chi connectivity index (χ3v) is 3.52. The van der Waals surface area contributed by atoms with Crippen LogP contribution in [0.3, 0.4) is 0 Å². The van der Waals surface area contributed by atoms with Gasteiger partial charge in [0.05, 0.1) is 6.61 Å². The lowest BCUT2D eigenvalue weighted by Crippen LogP contribution is -2.40. The van der Waals surface area contributed by atoms with Gasteiger partial charge in [0.2, 0.25) is 0 Å². The van der Waals surface area contributed by atoms with E-state index in [1.165, 1.54) is 0 Å². The van der Waals surface area contributed by atoms with E-state index < -0.39 is 0 Å². The largest absolute Gasteiger partial charge is 0.396 e. The second kappa shape index (κ2) is 3.17. The predicted molar refractivity (Wildman–Crippen MR) is 50.5 cm³/mol. The maximum atomic E-state index is 9.12. The summed E-state index contributed by atoms with van der Waals surface area (Å²) in [6, 6.07) is 0. The molecule has 12 heavy (non-hydrogen) atoms. The van der Waals surface area contributed by atoms with E-state index in [0.29, 0.717) is 5.92 Å². The molecule has 0 bridgehead atoms. The van der Waals surface area contributed by atoms with Crippen molar-refractivity contribution in [1.82, 2.24) is 0 Å². The maximum Gasteiger partial charge on any atom is 0.0514 e. The number of nitrogens with one attached hydrogen (secondary N) is 1. The Balaban J connectivity index is 2.77. The molecule has 0 saturated heterocycles. The molecule has 70 valence electrons. The lowest BCUT2D eigenvalue weighted by Gasteiger charge is -2.41. The van der Waals surface area contributed by atoms with Crippen LogP contribution in [0.25, 0.3) is 0 Å². The van der Waals surface area contributed by atoms with Crippen LogP contribution < -0.4 is 0 Å². The lowest BCUT2D eigenvalue weighted by atomic mass is 9.64. The van der Waals surface area contributed by atoms with Crippen LogP contribution in [0.15, 0.2) is 0 Å². The molecule has 0 heterocycles. The number of hydrogen-bond donors (Lipinski definition) is 2. The molecule has 1 aliphatic rings. The van der Waals surface area contributed by atoms with Gasteiger partial charge in [-0.2, -0.15) is 0 Å². The highest BCUT2D eigenvalue weighted by Crippen LogP contribution is 2.41. The molecule has 0 spiro atoms. The van der Waals surface area contributed by atoms with Crippen LogP contribution in [0, 0.1) is 22.7 Å². The van der Waals surface area contributed by atoms with Gasteiger partial charge >= 0.3 is 0 Å². The molecule has 2 heteroatoms. The summed E-state index contributed by atoms with van der Waals surface area (Å²) in [6.45, 7) is 6.75. The Bertz CT molecular complexity index is 186. The highest BCUT2D eigenvalue weighted by atomic mass is 16.3. The molecule has 0 amide bonds. The second-order valence-corrected chi connectivity index (χ2v) is 4.59. The van der Waals surface area contributed by atoms with Gasteiger partial charge in [0.25, 0.3) is 0 Å². The first-order valence-electron chi connectivity index (χ1n) is 4.67. The van der Waals surface area contributed by atoms with Crippen molar-refractivity contribution in [2.45, 2.75) is 33.6 Å². The number of hydrogen-bond acceptors (Lipinski definition) is 2. The molecule has 1 saturated carbocycles. The van der Waals surface area contributed by atoms with Gasteiger partial charge in [-0.25, -0.2) is 0 Å². The summed E-state index contributed by atoms with van der Waals surface area (Å²) in [5.41, 5.74) is 1.03. The smallest absolute Gasteiger partial charge is 0.0514 e. The first-order chi connectivity index (χ1) is 5.49. The summed E-state index contributed by atoms with van der Waals surface area (Å²) in [7, 11) is 0. The first-order valence-corrected chi connectivity index (χ1v) is 4.67. The molecule has 0 radical (unpaired) electrons. The van der Waals surface area contributed by atoms with Gasteiger partial charge in [0.15, 0.2) is 0 Å². The summed E-state index contributed by atoms with van der Waals surface area (Å²) in [6.07, 6.45) is 1.95. The molecule has 1 rings (SSSR count). The average Bonchev–Trinajstić information content (AvgIpc) is 2.00. The van der Waals surface area contributed by atoms with Gasteiger partial charge in [0.1, 0.15) is 0 Å². The number of aliphatic hydroxyl groups excluding tert-OH is 1. The molecule has 0 aromatic rings. The summed E-state index contributed by atoms with van der Waals surface area (Å²) < 4.78 is 0. The second-order valence-electron chi connectivity index (χ2n) is 4.59. The average molecular weight is 169 g/mol. The SMILES string of the molecule is CC1C(CO)C(=N)CCC1(C)C. The normalized spacial score (nSPS) is 35.2. The molecule has 1 fully saturated rings. The van der Waals surface area contributed by atoms with Gasteiger partial charge in [0, 0.05) is 11.6 Å². The molecule has 2 unspecified atom stereocenters. The van der Waals surface area contributed by atoms with Crippen molar-refractivity contribution in [2.75, 3.05) is 6.61 Å². The van der Waals surface area contributed by atoms with Gasteiger partial charge in [-0.3, -0.25) is 0 Å². The molecule has 2 N–H and O–H groups in total. The zero-order valence-corrected chi connectivity index (χ0v) is 8.22. The highest BCUT2D eigenvalue weighted by molar-refractivity contribution is 5.85. The first kappa shape index (κ1) is 9.72. The summed E-state index contributed by atoms with van der Waals surface area (Å²) in [5.74, 6) is 0.539. The van der Waals surface area contributed by atoms with E-state index in [1.807, 2.05) is 0 Å². The zero-order valence-electron chi connectivity index (χ0n) is 8.22. The third-order valence-electron chi connectivity index (χ3n) is 3.52. The van der Waals surface area contributed by atoms with Crippen molar-refractivity contribution in [3.8, 4) is 0 Å². The molecular formula is C10H19NO. The van der Waals surface area contributed by atoms with E-state index in [1.54, 1.807) is 0 Å². The molecule has 2 atom stereocenters. The van der Waals surface area contributed by atoms with Crippen molar-refractivity contribution < 1.29 is 5.11 Å². The van der Waals surface area contributed by atoms with Crippen molar-refractivity contribution in [3.05, 3.63) is 0 Å².